The third kappa shape index (κ3) is 2.96. The van der Waals surface area contributed by atoms with Crippen LogP contribution in [0.15, 0.2) is 17.0 Å². The molecule has 0 aliphatic heterocycles. The summed E-state index contributed by atoms with van der Waals surface area (Å²) in [7, 11) is -2.18. The normalized spacial score (nSPS) is 17.1. The monoisotopic (exact) mass is 339 g/mol. The van der Waals surface area contributed by atoms with E-state index in [1.807, 2.05) is 0 Å². The molecular formula is C13H16Cl2FNO2S. The van der Waals surface area contributed by atoms with Gasteiger partial charge in [0.15, 0.2) is 0 Å². The predicted molar refractivity (Wildman–Crippen MR) is 78.2 cm³/mol. The Hall–Kier alpha value is -0.360. The van der Waals surface area contributed by atoms with E-state index in [1.165, 1.54) is 17.4 Å². The lowest BCUT2D eigenvalue weighted by Crippen LogP contribution is -2.35. The van der Waals surface area contributed by atoms with Gasteiger partial charge in [-0.2, -0.15) is 4.31 Å². The number of alkyl halides is 1. The van der Waals surface area contributed by atoms with E-state index in [0.29, 0.717) is 0 Å². The van der Waals surface area contributed by atoms with Gasteiger partial charge in [-0.3, -0.25) is 0 Å². The summed E-state index contributed by atoms with van der Waals surface area (Å²) >= 11 is 11.4. The molecule has 0 spiro atoms. The van der Waals surface area contributed by atoms with Gasteiger partial charge in [0.05, 0.1) is 9.92 Å². The fourth-order valence-electron chi connectivity index (χ4n) is 2.49. The topological polar surface area (TPSA) is 37.4 Å². The molecule has 0 aromatic heterocycles. The molecule has 0 saturated heterocycles. The van der Waals surface area contributed by atoms with Crippen molar-refractivity contribution in [1.29, 1.82) is 0 Å². The molecule has 0 atom stereocenters. The second kappa shape index (κ2) is 6.18. The van der Waals surface area contributed by atoms with E-state index in [4.69, 9.17) is 23.2 Å². The molecule has 1 aromatic rings. The Bertz CT molecular complexity index is 601. The van der Waals surface area contributed by atoms with E-state index >= 15 is 0 Å². The van der Waals surface area contributed by atoms with Crippen LogP contribution < -0.4 is 0 Å². The van der Waals surface area contributed by atoms with Crippen LogP contribution in [0.25, 0.3) is 0 Å². The van der Waals surface area contributed by atoms with Gasteiger partial charge in [-0.1, -0.05) is 24.4 Å². The largest absolute Gasteiger partial charge is 0.243 e. The van der Waals surface area contributed by atoms with E-state index in [9.17, 15) is 12.8 Å². The Morgan fingerprint density at radius 1 is 1.35 bits per heavy atom. The molecular weight excluding hydrogens is 324 g/mol. The van der Waals surface area contributed by atoms with E-state index in [1.54, 1.807) is 0 Å². The van der Waals surface area contributed by atoms with Crippen molar-refractivity contribution in [1.82, 2.24) is 4.31 Å². The zero-order chi connectivity index (χ0) is 14.9. The van der Waals surface area contributed by atoms with Gasteiger partial charge in [0.25, 0.3) is 0 Å². The SMILES string of the molecule is CN(C1CCCC1)S(=O)(=O)c1cc(F)c(Cl)c(CCl)c1. The zero-order valence-electron chi connectivity index (χ0n) is 11.1. The number of hydrogen-bond donors (Lipinski definition) is 0. The number of benzene rings is 1. The highest BCUT2D eigenvalue weighted by molar-refractivity contribution is 7.89. The van der Waals surface area contributed by atoms with E-state index in [-0.39, 0.29) is 27.4 Å². The highest BCUT2D eigenvalue weighted by Gasteiger charge is 2.31. The van der Waals surface area contributed by atoms with Crippen molar-refractivity contribution in [3.05, 3.63) is 28.5 Å². The molecule has 1 aliphatic carbocycles. The Labute approximate surface area is 128 Å². The highest BCUT2D eigenvalue weighted by Crippen LogP contribution is 2.30. The Kier molecular flexibility index (Phi) is 4.95. The minimum absolute atomic E-state index is 0.0156. The average molecular weight is 340 g/mol. The first-order chi connectivity index (χ1) is 9.37. The van der Waals surface area contributed by atoms with Crippen LogP contribution in [-0.4, -0.2) is 25.8 Å². The van der Waals surface area contributed by atoms with Gasteiger partial charge in [0, 0.05) is 19.0 Å². The summed E-state index contributed by atoms with van der Waals surface area (Å²) in [5.41, 5.74) is 0.284. The van der Waals surface area contributed by atoms with Gasteiger partial charge < -0.3 is 0 Å². The molecule has 0 amide bonds. The lowest BCUT2D eigenvalue weighted by Gasteiger charge is -2.24. The summed E-state index contributed by atoms with van der Waals surface area (Å²) in [4.78, 5) is -0.0931. The molecule has 0 bridgehead atoms. The first kappa shape index (κ1) is 16.0. The molecule has 3 nitrogen and oxygen atoms in total. The molecule has 1 fully saturated rings. The average Bonchev–Trinajstić information content (AvgIpc) is 2.94. The van der Waals surface area contributed by atoms with Crippen molar-refractivity contribution >= 4 is 33.2 Å². The fraction of sp³-hybridized carbons (Fsp3) is 0.538. The summed E-state index contributed by atoms with van der Waals surface area (Å²) in [5, 5.41) is -0.123. The minimum Gasteiger partial charge on any atom is -0.207 e. The summed E-state index contributed by atoms with van der Waals surface area (Å²) < 4.78 is 40.1. The molecule has 0 unspecified atom stereocenters. The summed E-state index contributed by atoms with van der Waals surface area (Å²) in [5.74, 6) is -0.796. The van der Waals surface area contributed by atoms with Crippen LogP contribution in [0, 0.1) is 5.82 Å². The molecule has 1 aromatic carbocycles. The van der Waals surface area contributed by atoms with Crippen LogP contribution in [0.2, 0.25) is 5.02 Å². The van der Waals surface area contributed by atoms with Crippen LogP contribution >= 0.6 is 23.2 Å². The third-order valence-electron chi connectivity index (χ3n) is 3.74. The summed E-state index contributed by atoms with van der Waals surface area (Å²) in [6.07, 6.45) is 3.72. The van der Waals surface area contributed by atoms with Crippen LogP contribution in [-0.2, 0) is 15.9 Å². The first-order valence-electron chi connectivity index (χ1n) is 6.40. The van der Waals surface area contributed by atoms with E-state index in [0.717, 1.165) is 31.7 Å². The Morgan fingerprint density at radius 3 is 2.50 bits per heavy atom. The van der Waals surface area contributed by atoms with Crippen LogP contribution in [0.5, 0.6) is 0 Å². The number of hydrogen-bond acceptors (Lipinski definition) is 2. The lowest BCUT2D eigenvalue weighted by molar-refractivity contribution is 0.372. The maximum absolute atomic E-state index is 13.7. The van der Waals surface area contributed by atoms with Crippen molar-refractivity contribution in [2.24, 2.45) is 0 Å². The van der Waals surface area contributed by atoms with Crippen LogP contribution in [0.3, 0.4) is 0 Å². The lowest BCUT2D eigenvalue weighted by atomic mass is 10.2. The van der Waals surface area contributed by atoms with Crippen molar-refractivity contribution in [2.75, 3.05) is 7.05 Å². The van der Waals surface area contributed by atoms with Gasteiger partial charge in [-0.05, 0) is 30.5 Å². The fourth-order valence-corrected chi connectivity index (χ4v) is 4.43. The molecule has 0 heterocycles. The van der Waals surface area contributed by atoms with Gasteiger partial charge in [0.1, 0.15) is 5.82 Å². The number of halogens is 3. The maximum atomic E-state index is 13.7. The molecule has 20 heavy (non-hydrogen) atoms. The minimum atomic E-state index is -3.72. The van der Waals surface area contributed by atoms with Gasteiger partial charge in [-0.25, -0.2) is 12.8 Å². The van der Waals surface area contributed by atoms with Gasteiger partial charge in [-0.15, -0.1) is 11.6 Å². The van der Waals surface area contributed by atoms with Gasteiger partial charge in [0.2, 0.25) is 10.0 Å². The molecule has 1 aliphatic rings. The van der Waals surface area contributed by atoms with Crippen molar-refractivity contribution in [2.45, 2.75) is 42.5 Å². The molecule has 7 heteroatoms. The zero-order valence-corrected chi connectivity index (χ0v) is 13.4. The molecule has 1 saturated carbocycles. The summed E-state index contributed by atoms with van der Waals surface area (Å²) in [6, 6.07) is 2.29. The number of sulfonamides is 1. The number of nitrogens with zero attached hydrogens (tertiary/aromatic N) is 1. The first-order valence-corrected chi connectivity index (χ1v) is 8.75. The smallest absolute Gasteiger partial charge is 0.207 e. The molecule has 0 N–H and O–H groups in total. The van der Waals surface area contributed by atoms with Gasteiger partial charge >= 0.3 is 0 Å². The third-order valence-corrected chi connectivity index (χ3v) is 6.34. The second-order valence-electron chi connectivity index (χ2n) is 4.97. The molecule has 2 rings (SSSR count). The second-order valence-corrected chi connectivity index (χ2v) is 7.61. The standard InChI is InChI=1S/C13H16Cl2FNO2S/c1-17(10-4-2-3-5-10)20(18,19)11-6-9(8-14)13(15)12(16)7-11/h6-7,10H,2-5,8H2,1H3. The van der Waals surface area contributed by atoms with Crippen molar-refractivity contribution < 1.29 is 12.8 Å². The Balaban J connectivity index is 2.41. The number of rotatable bonds is 4. The van der Waals surface area contributed by atoms with Crippen LogP contribution in [0.4, 0.5) is 4.39 Å². The Morgan fingerprint density at radius 2 is 1.95 bits per heavy atom. The molecule has 0 radical (unpaired) electrons. The van der Waals surface area contributed by atoms with Crippen molar-refractivity contribution in [3.8, 4) is 0 Å². The maximum Gasteiger partial charge on any atom is 0.243 e. The van der Waals surface area contributed by atoms with Crippen LogP contribution in [0.1, 0.15) is 31.2 Å². The molecule has 112 valence electrons. The van der Waals surface area contributed by atoms with E-state index < -0.39 is 15.8 Å². The summed E-state index contributed by atoms with van der Waals surface area (Å²) in [6.45, 7) is 0. The quantitative estimate of drug-likeness (QED) is 0.782. The highest BCUT2D eigenvalue weighted by atomic mass is 35.5. The van der Waals surface area contributed by atoms with Crippen molar-refractivity contribution in [3.63, 3.8) is 0 Å². The van der Waals surface area contributed by atoms with E-state index in [2.05, 4.69) is 0 Å². The predicted octanol–water partition coefficient (Wildman–Crippen LogP) is 3.78.